The molecule has 12 heteroatoms. The Bertz CT molecular complexity index is 549. The van der Waals surface area contributed by atoms with Crippen LogP contribution in [0, 0.1) is 11.8 Å². The van der Waals surface area contributed by atoms with Gasteiger partial charge in [-0.05, 0) is 11.8 Å². The summed E-state index contributed by atoms with van der Waals surface area (Å²) in [5.41, 5.74) is 0. The minimum absolute atomic E-state index is 0.368. The van der Waals surface area contributed by atoms with Crippen molar-refractivity contribution in [3.05, 3.63) is 0 Å². The van der Waals surface area contributed by atoms with Crippen LogP contribution < -0.4 is 5.32 Å². The average Bonchev–Trinajstić information content (AvgIpc) is 2.57. The van der Waals surface area contributed by atoms with E-state index >= 15 is 0 Å². The number of carbonyl (C=O) groups is 5. The van der Waals surface area contributed by atoms with Gasteiger partial charge in [-0.25, -0.2) is 14.4 Å². The summed E-state index contributed by atoms with van der Waals surface area (Å²) in [5, 5.41) is 10.1. The number of hydrogen-bond acceptors (Lipinski definition) is 10. The number of carboxylic acids is 1. The zero-order chi connectivity index (χ0) is 21.0. The fourth-order valence-electron chi connectivity index (χ4n) is 1.16. The minimum atomic E-state index is -1.46. The van der Waals surface area contributed by atoms with Crippen LogP contribution in [0.4, 0.5) is 9.59 Å². The van der Waals surface area contributed by atoms with E-state index in [0.29, 0.717) is 11.8 Å². The summed E-state index contributed by atoms with van der Waals surface area (Å²) < 4.78 is 18.4. The average molecular weight is 409 g/mol. The summed E-state index contributed by atoms with van der Waals surface area (Å²) in [6, 6.07) is -1.46. The molecule has 154 valence electrons. The van der Waals surface area contributed by atoms with E-state index in [1.807, 2.05) is 5.32 Å². The lowest BCUT2D eigenvalue weighted by atomic mass is 10.2. The predicted octanol–water partition coefficient (Wildman–Crippen LogP) is 1.35. The Morgan fingerprint density at radius 3 is 1.78 bits per heavy atom. The van der Waals surface area contributed by atoms with Crippen molar-refractivity contribution in [1.29, 1.82) is 0 Å². The van der Waals surface area contributed by atoms with E-state index in [1.165, 1.54) is 0 Å². The largest absolute Gasteiger partial charge is 0.480 e. The zero-order valence-corrected chi connectivity index (χ0v) is 16.2. The summed E-state index contributed by atoms with van der Waals surface area (Å²) in [4.78, 5) is 56.4. The fraction of sp³-hybridized carbons (Fsp3) is 0.667. The molecule has 0 bridgehead atoms. The molecule has 0 radical (unpaired) electrons. The van der Waals surface area contributed by atoms with Gasteiger partial charge in [-0.1, -0.05) is 27.7 Å². The molecule has 1 amide bonds. The maximum Gasteiger partial charge on any atom is 0.410 e. The Balaban J connectivity index is 4.20. The molecule has 0 rings (SSSR count). The third-order valence-corrected chi connectivity index (χ3v) is 3.52. The first kappa shape index (κ1) is 24.5. The molecule has 0 spiro atoms. The lowest BCUT2D eigenvalue weighted by Gasteiger charge is -2.14. The summed E-state index contributed by atoms with van der Waals surface area (Å²) in [6.07, 6.45) is -1.14. The van der Waals surface area contributed by atoms with Crippen molar-refractivity contribution in [2.24, 2.45) is 11.8 Å². The number of nitrogens with one attached hydrogen (secondary N) is 1. The van der Waals surface area contributed by atoms with E-state index in [1.54, 1.807) is 27.7 Å². The van der Waals surface area contributed by atoms with E-state index in [4.69, 9.17) is 5.11 Å². The van der Waals surface area contributed by atoms with Crippen molar-refractivity contribution in [2.45, 2.75) is 33.7 Å². The maximum absolute atomic E-state index is 11.5. The normalized spacial score (nSPS) is 11.5. The van der Waals surface area contributed by atoms with E-state index < -0.39 is 54.8 Å². The number of carboxylic acid groups (broad SMARTS) is 1. The quantitative estimate of drug-likeness (QED) is 0.397. The van der Waals surface area contributed by atoms with Gasteiger partial charge in [-0.2, -0.15) is 0 Å². The van der Waals surface area contributed by atoms with Crippen LogP contribution in [0.5, 0.6) is 0 Å². The highest BCUT2D eigenvalue weighted by molar-refractivity contribution is 8.13. The monoisotopic (exact) mass is 409 g/mol. The van der Waals surface area contributed by atoms with Gasteiger partial charge >= 0.3 is 29.3 Å². The highest BCUT2D eigenvalue weighted by Gasteiger charge is 2.23. The van der Waals surface area contributed by atoms with Gasteiger partial charge in [0, 0.05) is 5.75 Å². The van der Waals surface area contributed by atoms with Gasteiger partial charge in [0.15, 0.2) is 0 Å². The molecule has 27 heavy (non-hydrogen) atoms. The lowest BCUT2D eigenvalue weighted by Crippen LogP contribution is -2.43. The van der Waals surface area contributed by atoms with Gasteiger partial charge in [0.1, 0.15) is 6.04 Å². The summed E-state index contributed by atoms with van der Waals surface area (Å²) in [7, 11) is 0. The van der Waals surface area contributed by atoms with Crippen LogP contribution in [0.3, 0.4) is 0 Å². The van der Waals surface area contributed by atoms with E-state index in [-0.39, 0.29) is 11.7 Å². The number of aliphatic carboxylic acids is 1. The molecule has 1 atom stereocenters. The first-order chi connectivity index (χ1) is 12.5. The third kappa shape index (κ3) is 11.7. The Hall–Kier alpha value is -2.50. The Morgan fingerprint density at radius 2 is 1.33 bits per heavy atom. The van der Waals surface area contributed by atoms with Gasteiger partial charge in [-0.15, -0.1) is 0 Å². The van der Waals surface area contributed by atoms with Crippen molar-refractivity contribution < 1.29 is 48.0 Å². The molecule has 0 fully saturated rings. The standard InChI is InChI=1S/C15H23NO10S/c1-8(2)12(19)23-6-25-14(21)16-10(11(17)18)5-27-15(22)26-7-24-13(20)9(3)4/h8-10H,5-7H2,1-4H3,(H,16,21)(H,17,18)/t10-/m0/s1. The molecular weight excluding hydrogens is 386 g/mol. The van der Waals surface area contributed by atoms with Crippen LogP contribution in [0.25, 0.3) is 0 Å². The number of ether oxygens (including phenoxy) is 4. The second-order valence-corrected chi connectivity index (χ2v) is 6.60. The van der Waals surface area contributed by atoms with Crippen LogP contribution in [0.15, 0.2) is 0 Å². The molecule has 0 aromatic carbocycles. The lowest BCUT2D eigenvalue weighted by molar-refractivity contribution is -0.156. The predicted molar refractivity (Wildman–Crippen MR) is 91.6 cm³/mol. The SMILES string of the molecule is CC(C)C(=O)OCOC(=O)N[C@@H](CSC(=O)OCOC(=O)C(C)C)C(=O)O. The molecule has 0 heterocycles. The molecule has 0 aliphatic rings. The van der Waals surface area contributed by atoms with Crippen LogP contribution in [-0.4, -0.2) is 59.8 Å². The van der Waals surface area contributed by atoms with E-state index in [2.05, 4.69) is 18.9 Å². The number of rotatable bonds is 10. The third-order valence-electron chi connectivity index (χ3n) is 2.67. The van der Waals surface area contributed by atoms with E-state index in [9.17, 15) is 24.0 Å². The van der Waals surface area contributed by atoms with Gasteiger partial charge in [0.2, 0.25) is 13.6 Å². The highest BCUT2D eigenvalue weighted by Crippen LogP contribution is 2.09. The first-order valence-corrected chi connectivity index (χ1v) is 8.82. The zero-order valence-electron chi connectivity index (χ0n) is 15.4. The number of amides is 1. The molecule has 0 saturated heterocycles. The minimum Gasteiger partial charge on any atom is -0.480 e. The van der Waals surface area contributed by atoms with Crippen LogP contribution in [0.2, 0.25) is 0 Å². The molecule has 0 aliphatic carbocycles. The topological polar surface area (TPSA) is 155 Å². The Labute approximate surface area is 160 Å². The number of thioether (sulfide) groups is 1. The second-order valence-electron chi connectivity index (χ2n) is 5.64. The number of hydrogen-bond donors (Lipinski definition) is 2. The van der Waals surface area contributed by atoms with Gasteiger partial charge in [0.25, 0.3) is 0 Å². The van der Waals surface area contributed by atoms with Crippen LogP contribution >= 0.6 is 11.8 Å². The van der Waals surface area contributed by atoms with Crippen molar-refractivity contribution in [2.75, 3.05) is 19.3 Å². The number of esters is 2. The molecule has 0 saturated carbocycles. The van der Waals surface area contributed by atoms with Crippen molar-refractivity contribution >= 4 is 41.1 Å². The van der Waals surface area contributed by atoms with E-state index in [0.717, 1.165) is 0 Å². The Morgan fingerprint density at radius 1 is 0.852 bits per heavy atom. The Kier molecular flexibility index (Phi) is 11.6. The molecular formula is C15H23NO10S. The van der Waals surface area contributed by atoms with Crippen molar-refractivity contribution in [1.82, 2.24) is 5.32 Å². The molecule has 2 N–H and O–H groups in total. The fourth-order valence-corrected chi connectivity index (χ4v) is 1.82. The maximum atomic E-state index is 11.5. The summed E-state index contributed by atoms with van der Waals surface area (Å²) in [5.74, 6) is -3.73. The smallest absolute Gasteiger partial charge is 0.410 e. The highest BCUT2D eigenvalue weighted by atomic mass is 32.2. The first-order valence-electron chi connectivity index (χ1n) is 7.83. The van der Waals surface area contributed by atoms with Gasteiger partial charge < -0.3 is 29.4 Å². The summed E-state index contributed by atoms with van der Waals surface area (Å²) in [6.45, 7) is 5.10. The molecule has 0 aromatic rings. The van der Waals surface area contributed by atoms with Crippen molar-refractivity contribution in [3.63, 3.8) is 0 Å². The van der Waals surface area contributed by atoms with Crippen LogP contribution in [-0.2, 0) is 33.3 Å². The summed E-state index contributed by atoms with van der Waals surface area (Å²) >= 11 is 0.459. The molecule has 0 aromatic heterocycles. The number of alkyl carbamates (subject to hydrolysis) is 1. The van der Waals surface area contributed by atoms with Crippen molar-refractivity contribution in [3.8, 4) is 0 Å². The van der Waals surface area contributed by atoms with Gasteiger partial charge in [0.05, 0.1) is 11.8 Å². The number of carbonyl (C=O) groups excluding carboxylic acids is 4. The molecule has 0 unspecified atom stereocenters. The van der Waals surface area contributed by atoms with Gasteiger partial charge in [-0.3, -0.25) is 9.59 Å². The second kappa shape index (κ2) is 12.8. The molecule has 11 nitrogen and oxygen atoms in total. The molecule has 0 aliphatic heterocycles. The van der Waals surface area contributed by atoms with Crippen LogP contribution in [0.1, 0.15) is 27.7 Å².